The highest BCUT2D eigenvalue weighted by Crippen LogP contribution is 2.34. The molecule has 1 saturated heterocycles. The molecule has 2 amide bonds. The summed E-state index contributed by atoms with van der Waals surface area (Å²) in [6.45, 7) is 3.42. The van der Waals surface area contributed by atoms with E-state index >= 15 is 0 Å². The van der Waals surface area contributed by atoms with Crippen LogP contribution in [-0.2, 0) is 13.0 Å². The first-order chi connectivity index (χ1) is 20.4. The predicted molar refractivity (Wildman–Crippen MR) is 167 cm³/mol. The molecule has 5 rings (SSSR count). The smallest absolute Gasteiger partial charge is 0.254 e. The van der Waals surface area contributed by atoms with Crippen molar-refractivity contribution < 1.29 is 14.7 Å². The average molecular weight is 603 g/mol. The van der Waals surface area contributed by atoms with Crippen LogP contribution < -0.4 is 10.6 Å². The van der Waals surface area contributed by atoms with Crippen molar-refractivity contribution in [2.24, 2.45) is 0 Å². The topological polar surface area (TPSA) is 94.6 Å². The van der Waals surface area contributed by atoms with Gasteiger partial charge in [0.2, 0.25) is 0 Å². The number of nitrogens with zero attached hydrogens (tertiary/aromatic N) is 2. The van der Waals surface area contributed by atoms with E-state index in [1.54, 1.807) is 35.6 Å². The molecule has 3 aromatic carbocycles. The van der Waals surface area contributed by atoms with Crippen molar-refractivity contribution in [1.29, 1.82) is 0 Å². The molecular weight excluding hydrogens is 568 g/mol. The number of carbonyl (C=O) groups excluding carboxylic acids is 2. The van der Waals surface area contributed by atoms with Gasteiger partial charge in [0.1, 0.15) is 5.01 Å². The first-order valence-electron chi connectivity index (χ1n) is 14.2. The second-order valence-corrected chi connectivity index (χ2v) is 12.0. The third-order valence-corrected chi connectivity index (χ3v) is 8.76. The number of hydrogen-bond acceptors (Lipinski definition) is 6. The fourth-order valence-electron chi connectivity index (χ4n) is 5.31. The number of carbonyl (C=O) groups is 2. The number of aliphatic hydroxyl groups is 1. The van der Waals surface area contributed by atoms with Gasteiger partial charge in [0.05, 0.1) is 18.2 Å². The number of likely N-dealkylation sites (tertiary alicyclic amines) is 1. The summed E-state index contributed by atoms with van der Waals surface area (Å²) in [5.74, 6) is -0.445. The first-order valence-corrected chi connectivity index (χ1v) is 15.4. The largest absolute Gasteiger partial charge is 0.390 e. The molecule has 9 heteroatoms. The molecule has 0 saturated carbocycles. The number of aliphatic hydroxyl groups excluding tert-OH is 1. The lowest BCUT2D eigenvalue weighted by molar-refractivity contribution is 0.0735. The maximum atomic E-state index is 13.6. The lowest BCUT2D eigenvalue weighted by atomic mass is 10.00. The number of aromatic nitrogens is 1. The zero-order chi connectivity index (χ0) is 29.5. The normalized spacial score (nSPS) is 16.3. The van der Waals surface area contributed by atoms with Crippen molar-refractivity contribution in [3.63, 3.8) is 0 Å². The minimum Gasteiger partial charge on any atom is -0.390 e. The van der Waals surface area contributed by atoms with Gasteiger partial charge in [-0.3, -0.25) is 9.59 Å². The molecule has 0 radical (unpaired) electrons. The Kier molecular flexibility index (Phi) is 10.0. The number of thiazole rings is 1. The summed E-state index contributed by atoms with van der Waals surface area (Å²) < 4.78 is 0. The average Bonchev–Trinajstić information content (AvgIpc) is 3.66. The Morgan fingerprint density at radius 2 is 1.81 bits per heavy atom. The SMILES string of the molecule is Cc1csc([C@H]2CCCN2C(=O)c2cccc(C(=O)N[C@@H](Cc3ccccc3)[C@H](O)CNCc3cccc(Cl)c3)c2)n1. The van der Waals surface area contributed by atoms with E-state index in [4.69, 9.17) is 11.6 Å². The molecule has 4 aromatic rings. The zero-order valence-corrected chi connectivity index (χ0v) is 25.1. The highest BCUT2D eigenvalue weighted by Gasteiger charge is 2.33. The quantitative estimate of drug-likeness (QED) is 0.209. The van der Waals surface area contributed by atoms with Gasteiger partial charge in [-0.2, -0.15) is 0 Å². The highest BCUT2D eigenvalue weighted by molar-refractivity contribution is 7.09. The van der Waals surface area contributed by atoms with Crippen LogP contribution in [0.2, 0.25) is 5.02 Å². The van der Waals surface area contributed by atoms with Gasteiger partial charge >= 0.3 is 0 Å². The Bertz CT molecular complexity index is 1510. The number of halogens is 1. The van der Waals surface area contributed by atoms with Crippen molar-refractivity contribution in [1.82, 2.24) is 20.5 Å². The maximum Gasteiger partial charge on any atom is 0.254 e. The van der Waals surface area contributed by atoms with Crippen LogP contribution in [0.4, 0.5) is 0 Å². The van der Waals surface area contributed by atoms with E-state index in [1.807, 2.05) is 71.8 Å². The third-order valence-electron chi connectivity index (χ3n) is 7.46. The summed E-state index contributed by atoms with van der Waals surface area (Å²) in [5, 5.41) is 21.1. The Hall–Kier alpha value is -3.56. The van der Waals surface area contributed by atoms with Gasteiger partial charge in [-0.1, -0.05) is 60.1 Å². The molecule has 0 spiro atoms. The fourth-order valence-corrected chi connectivity index (χ4v) is 6.46. The summed E-state index contributed by atoms with van der Waals surface area (Å²) in [4.78, 5) is 33.5. The minimum atomic E-state index is -0.856. The predicted octanol–water partition coefficient (Wildman–Crippen LogP) is 5.57. The van der Waals surface area contributed by atoms with Crippen LogP contribution in [0.1, 0.15) is 61.4 Å². The molecule has 218 valence electrons. The molecule has 0 aliphatic carbocycles. The van der Waals surface area contributed by atoms with Crippen molar-refractivity contribution in [3.8, 4) is 0 Å². The standard InChI is InChI=1S/C33H35ClN4O3S/c1-22-21-42-32(36-22)29-14-7-15-38(29)33(41)26-12-6-11-25(18-26)31(40)37-28(17-23-8-3-2-4-9-23)30(39)20-35-19-24-10-5-13-27(34)16-24/h2-6,8-13,16,18,21,28-30,35,39H,7,14-15,17,19-20H2,1H3,(H,37,40)/t28-,29+,30+/m0/s1. The number of amides is 2. The van der Waals surface area contributed by atoms with Crippen LogP contribution in [-0.4, -0.2) is 52.0 Å². The summed E-state index contributed by atoms with van der Waals surface area (Å²) in [6.07, 6.45) is 1.39. The number of benzene rings is 3. The van der Waals surface area contributed by atoms with E-state index < -0.39 is 12.1 Å². The van der Waals surface area contributed by atoms with Gasteiger partial charge in [-0.15, -0.1) is 11.3 Å². The Morgan fingerprint density at radius 3 is 2.57 bits per heavy atom. The Morgan fingerprint density at radius 1 is 1.05 bits per heavy atom. The summed E-state index contributed by atoms with van der Waals surface area (Å²) >= 11 is 7.68. The van der Waals surface area contributed by atoms with Gasteiger partial charge in [0, 0.05) is 46.9 Å². The lowest BCUT2D eigenvalue weighted by Gasteiger charge is -2.25. The second kappa shape index (κ2) is 14.1. The van der Waals surface area contributed by atoms with E-state index in [9.17, 15) is 14.7 Å². The Balaban J connectivity index is 1.27. The Labute approximate surface area is 255 Å². The third kappa shape index (κ3) is 7.63. The number of hydrogen-bond donors (Lipinski definition) is 3. The molecule has 0 unspecified atom stereocenters. The van der Waals surface area contributed by atoms with Crippen LogP contribution in [0.3, 0.4) is 0 Å². The molecule has 1 fully saturated rings. The van der Waals surface area contributed by atoms with Crippen molar-refractivity contribution in [2.45, 2.75) is 50.9 Å². The molecule has 1 aromatic heterocycles. The van der Waals surface area contributed by atoms with Gasteiger partial charge < -0.3 is 20.6 Å². The zero-order valence-electron chi connectivity index (χ0n) is 23.5. The van der Waals surface area contributed by atoms with Gasteiger partial charge in [-0.05, 0) is 67.6 Å². The molecule has 0 bridgehead atoms. The minimum absolute atomic E-state index is 0.0431. The van der Waals surface area contributed by atoms with E-state index in [1.165, 1.54) is 0 Å². The lowest BCUT2D eigenvalue weighted by Crippen LogP contribution is -2.48. The van der Waals surface area contributed by atoms with Crippen molar-refractivity contribution in [2.75, 3.05) is 13.1 Å². The fraction of sp³-hybridized carbons (Fsp3) is 0.303. The number of nitrogens with one attached hydrogen (secondary N) is 2. The van der Waals surface area contributed by atoms with Gasteiger partial charge in [0.25, 0.3) is 11.8 Å². The van der Waals surface area contributed by atoms with Gasteiger partial charge in [-0.25, -0.2) is 4.98 Å². The first kappa shape index (κ1) is 29.9. The monoisotopic (exact) mass is 602 g/mol. The van der Waals surface area contributed by atoms with E-state index in [0.717, 1.165) is 34.7 Å². The van der Waals surface area contributed by atoms with Crippen molar-refractivity contribution >= 4 is 34.8 Å². The molecule has 2 heterocycles. The molecular formula is C33H35ClN4O3S. The van der Waals surface area contributed by atoms with Crippen LogP contribution in [0.5, 0.6) is 0 Å². The van der Waals surface area contributed by atoms with Gasteiger partial charge in [0.15, 0.2) is 0 Å². The van der Waals surface area contributed by atoms with Crippen LogP contribution in [0.15, 0.2) is 84.2 Å². The van der Waals surface area contributed by atoms with Crippen LogP contribution in [0.25, 0.3) is 0 Å². The van der Waals surface area contributed by atoms with Crippen LogP contribution >= 0.6 is 22.9 Å². The molecule has 1 aliphatic heterocycles. The van der Waals surface area contributed by atoms with E-state index in [0.29, 0.717) is 35.7 Å². The number of rotatable bonds is 11. The molecule has 3 atom stereocenters. The van der Waals surface area contributed by atoms with Crippen molar-refractivity contribution in [3.05, 3.63) is 122 Å². The summed E-state index contributed by atoms with van der Waals surface area (Å²) in [5.41, 5.74) is 3.80. The molecule has 3 N–H and O–H groups in total. The second-order valence-electron chi connectivity index (χ2n) is 10.7. The maximum absolute atomic E-state index is 13.6. The highest BCUT2D eigenvalue weighted by atomic mass is 35.5. The molecule has 7 nitrogen and oxygen atoms in total. The molecule has 1 aliphatic rings. The number of aryl methyl sites for hydroxylation is 1. The van der Waals surface area contributed by atoms with E-state index in [2.05, 4.69) is 15.6 Å². The summed E-state index contributed by atoms with van der Waals surface area (Å²) in [7, 11) is 0. The van der Waals surface area contributed by atoms with Crippen LogP contribution in [0, 0.1) is 6.92 Å². The molecule has 42 heavy (non-hydrogen) atoms. The summed E-state index contributed by atoms with van der Waals surface area (Å²) in [6, 6.07) is 23.5. The van der Waals surface area contributed by atoms with E-state index in [-0.39, 0.29) is 24.4 Å².